The molecule has 2 aromatic rings. The fourth-order valence-electron chi connectivity index (χ4n) is 2.01. The molecule has 0 fully saturated rings. The van der Waals surface area contributed by atoms with E-state index in [1.807, 2.05) is 61.5 Å². The summed E-state index contributed by atoms with van der Waals surface area (Å²) in [6, 6.07) is 17.1. The van der Waals surface area contributed by atoms with Gasteiger partial charge in [0.25, 0.3) is 0 Å². The Morgan fingerprint density at radius 1 is 1.00 bits per heavy atom. The summed E-state index contributed by atoms with van der Waals surface area (Å²) in [7, 11) is 1.79. The van der Waals surface area contributed by atoms with Crippen molar-refractivity contribution in [1.82, 2.24) is 5.32 Å². The van der Waals surface area contributed by atoms with Crippen molar-refractivity contribution in [3.63, 3.8) is 0 Å². The summed E-state index contributed by atoms with van der Waals surface area (Å²) in [5.74, 6) is -0.0528. The predicted octanol–water partition coefficient (Wildman–Crippen LogP) is 2.89. The zero-order valence-electron chi connectivity index (χ0n) is 11.2. The molecule has 2 N–H and O–H groups in total. The lowest BCUT2D eigenvalue weighted by molar-refractivity contribution is -0.118. The third-order valence-corrected chi connectivity index (χ3v) is 3.09. The first-order valence-electron chi connectivity index (χ1n) is 6.31. The lowest BCUT2D eigenvalue weighted by atomic mass is 10.1. The maximum Gasteiger partial charge on any atom is 0.246 e. The fraction of sp³-hybridized carbons (Fsp3) is 0.188. The van der Waals surface area contributed by atoms with E-state index in [0.717, 1.165) is 16.8 Å². The highest BCUT2D eigenvalue weighted by Crippen LogP contribution is 2.18. The second kappa shape index (κ2) is 6.16. The van der Waals surface area contributed by atoms with Gasteiger partial charge in [0, 0.05) is 5.69 Å². The first-order valence-corrected chi connectivity index (χ1v) is 6.31. The smallest absolute Gasteiger partial charge is 0.246 e. The molecule has 3 nitrogen and oxygen atoms in total. The third-order valence-electron chi connectivity index (χ3n) is 3.09. The highest BCUT2D eigenvalue weighted by molar-refractivity contribution is 5.96. The van der Waals surface area contributed by atoms with Gasteiger partial charge in [0.1, 0.15) is 6.04 Å². The normalized spacial score (nSPS) is 11.9. The Morgan fingerprint density at radius 3 is 2.26 bits per heavy atom. The number of carbonyl (C=O) groups is 1. The van der Waals surface area contributed by atoms with Gasteiger partial charge in [-0.1, -0.05) is 48.5 Å². The largest absolute Gasteiger partial charge is 0.324 e. The van der Waals surface area contributed by atoms with Gasteiger partial charge in [0.2, 0.25) is 5.91 Å². The highest BCUT2D eigenvalue weighted by Gasteiger charge is 2.18. The van der Waals surface area contributed by atoms with Crippen molar-refractivity contribution in [2.45, 2.75) is 13.0 Å². The van der Waals surface area contributed by atoms with Crippen LogP contribution in [0.2, 0.25) is 0 Å². The SMILES string of the molecule is CNC(C(=O)Nc1ccccc1C)c1ccccc1. The van der Waals surface area contributed by atoms with Crippen LogP contribution in [0.15, 0.2) is 54.6 Å². The fourth-order valence-corrected chi connectivity index (χ4v) is 2.01. The summed E-state index contributed by atoms with van der Waals surface area (Å²) in [4.78, 5) is 12.3. The summed E-state index contributed by atoms with van der Waals surface area (Å²) in [5, 5.41) is 6.00. The number of anilines is 1. The van der Waals surface area contributed by atoms with E-state index < -0.39 is 0 Å². The van der Waals surface area contributed by atoms with Crippen molar-refractivity contribution in [1.29, 1.82) is 0 Å². The van der Waals surface area contributed by atoms with Crippen LogP contribution in [0, 0.1) is 6.92 Å². The molecule has 19 heavy (non-hydrogen) atoms. The number of aryl methyl sites for hydroxylation is 1. The zero-order valence-corrected chi connectivity index (χ0v) is 11.2. The van der Waals surface area contributed by atoms with Gasteiger partial charge in [-0.05, 0) is 31.2 Å². The Morgan fingerprint density at radius 2 is 1.63 bits per heavy atom. The Labute approximate surface area is 113 Å². The van der Waals surface area contributed by atoms with E-state index in [1.54, 1.807) is 7.05 Å². The number of para-hydroxylation sites is 1. The third kappa shape index (κ3) is 3.20. The molecule has 1 atom stereocenters. The summed E-state index contributed by atoms with van der Waals surface area (Å²) >= 11 is 0. The molecule has 0 aromatic heterocycles. The second-order valence-corrected chi connectivity index (χ2v) is 4.44. The number of hydrogen-bond acceptors (Lipinski definition) is 2. The molecule has 0 aliphatic heterocycles. The summed E-state index contributed by atoms with van der Waals surface area (Å²) in [6.07, 6.45) is 0. The van der Waals surface area contributed by atoms with Crippen molar-refractivity contribution < 1.29 is 4.79 Å². The lowest BCUT2D eigenvalue weighted by Gasteiger charge is -2.17. The van der Waals surface area contributed by atoms with E-state index in [2.05, 4.69) is 10.6 Å². The molecular weight excluding hydrogens is 236 g/mol. The Hall–Kier alpha value is -2.13. The topological polar surface area (TPSA) is 41.1 Å². The zero-order chi connectivity index (χ0) is 13.7. The van der Waals surface area contributed by atoms with Gasteiger partial charge in [-0.25, -0.2) is 0 Å². The molecule has 0 aliphatic carbocycles. The maximum atomic E-state index is 12.3. The van der Waals surface area contributed by atoms with Gasteiger partial charge in [-0.2, -0.15) is 0 Å². The average Bonchev–Trinajstić information content (AvgIpc) is 2.43. The average molecular weight is 254 g/mol. The van der Waals surface area contributed by atoms with E-state index in [0.29, 0.717) is 0 Å². The van der Waals surface area contributed by atoms with Crippen LogP contribution in [0.3, 0.4) is 0 Å². The van der Waals surface area contributed by atoms with Gasteiger partial charge in [0.15, 0.2) is 0 Å². The monoisotopic (exact) mass is 254 g/mol. The molecule has 0 spiro atoms. The van der Waals surface area contributed by atoms with E-state index in [-0.39, 0.29) is 11.9 Å². The number of carbonyl (C=O) groups excluding carboxylic acids is 1. The number of hydrogen-bond donors (Lipinski definition) is 2. The Bertz CT molecular complexity index is 552. The molecule has 98 valence electrons. The number of nitrogens with one attached hydrogen (secondary N) is 2. The van der Waals surface area contributed by atoms with Crippen LogP contribution in [0.5, 0.6) is 0 Å². The first kappa shape index (κ1) is 13.3. The number of benzene rings is 2. The molecule has 0 radical (unpaired) electrons. The number of amides is 1. The van der Waals surface area contributed by atoms with Crippen molar-refractivity contribution in [3.8, 4) is 0 Å². The standard InChI is InChI=1S/C16H18N2O/c1-12-8-6-7-11-14(12)18-16(19)15(17-2)13-9-4-3-5-10-13/h3-11,15,17H,1-2H3,(H,18,19). The summed E-state index contributed by atoms with van der Waals surface area (Å²) < 4.78 is 0. The molecule has 0 saturated carbocycles. The van der Waals surface area contributed by atoms with Crippen LogP contribution >= 0.6 is 0 Å². The minimum absolute atomic E-state index is 0.0528. The van der Waals surface area contributed by atoms with Crippen molar-refractivity contribution in [2.75, 3.05) is 12.4 Å². The van der Waals surface area contributed by atoms with Crippen LogP contribution < -0.4 is 10.6 Å². The van der Waals surface area contributed by atoms with Crippen molar-refractivity contribution >= 4 is 11.6 Å². The molecule has 0 saturated heterocycles. The predicted molar refractivity (Wildman–Crippen MR) is 78.1 cm³/mol. The summed E-state index contributed by atoms with van der Waals surface area (Å²) in [6.45, 7) is 1.98. The van der Waals surface area contributed by atoms with E-state index in [1.165, 1.54) is 0 Å². The maximum absolute atomic E-state index is 12.3. The van der Waals surface area contributed by atoms with Crippen LogP contribution in [-0.4, -0.2) is 13.0 Å². The highest BCUT2D eigenvalue weighted by atomic mass is 16.2. The molecule has 3 heteroatoms. The van der Waals surface area contributed by atoms with E-state index in [9.17, 15) is 4.79 Å². The van der Waals surface area contributed by atoms with Crippen molar-refractivity contribution in [2.24, 2.45) is 0 Å². The van der Waals surface area contributed by atoms with Gasteiger partial charge in [-0.3, -0.25) is 4.79 Å². The quantitative estimate of drug-likeness (QED) is 0.881. The molecule has 0 aliphatic rings. The van der Waals surface area contributed by atoms with Crippen molar-refractivity contribution in [3.05, 3.63) is 65.7 Å². The van der Waals surface area contributed by atoms with Crippen LogP contribution in [-0.2, 0) is 4.79 Å². The van der Waals surface area contributed by atoms with Gasteiger partial charge in [-0.15, -0.1) is 0 Å². The molecule has 2 aromatic carbocycles. The molecule has 2 rings (SSSR count). The van der Waals surface area contributed by atoms with Gasteiger partial charge >= 0.3 is 0 Å². The molecule has 0 heterocycles. The molecule has 1 amide bonds. The summed E-state index contributed by atoms with van der Waals surface area (Å²) in [5.41, 5.74) is 2.86. The Balaban J connectivity index is 2.17. The molecule has 1 unspecified atom stereocenters. The number of rotatable bonds is 4. The van der Waals surface area contributed by atoms with Crippen LogP contribution in [0.25, 0.3) is 0 Å². The minimum Gasteiger partial charge on any atom is -0.324 e. The van der Waals surface area contributed by atoms with Gasteiger partial charge < -0.3 is 10.6 Å². The van der Waals surface area contributed by atoms with E-state index in [4.69, 9.17) is 0 Å². The second-order valence-electron chi connectivity index (χ2n) is 4.44. The van der Waals surface area contributed by atoms with Crippen LogP contribution in [0.1, 0.15) is 17.2 Å². The first-order chi connectivity index (χ1) is 9.22. The number of likely N-dealkylation sites (N-methyl/N-ethyl adjacent to an activating group) is 1. The molecular formula is C16H18N2O. The Kier molecular flexibility index (Phi) is 4.31. The lowest BCUT2D eigenvalue weighted by Crippen LogP contribution is -2.30. The van der Waals surface area contributed by atoms with Gasteiger partial charge in [0.05, 0.1) is 0 Å². The van der Waals surface area contributed by atoms with E-state index >= 15 is 0 Å². The molecule has 0 bridgehead atoms. The minimum atomic E-state index is -0.346. The van der Waals surface area contributed by atoms with Crippen LogP contribution in [0.4, 0.5) is 5.69 Å².